The van der Waals surface area contributed by atoms with E-state index in [1.54, 1.807) is 19.9 Å². The summed E-state index contributed by atoms with van der Waals surface area (Å²) in [7, 11) is -3.17. The molecule has 2 rings (SSSR count). The van der Waals surface area contributed by atoms with Crippen LogP contribution in [0, 0.1) is 0 Å². The van der Waals surface area contributed by atoms with Crippen molar-refractivity contribution in [1.82, 2.24) is 14.8 Å². The largest absolute Gasteiger partial charge is 0.395 e. The van der Waals surface area contributed by atoms with Crippen LogP contribution in [0.25, 0.3) is 0 Å². The molecule has 1 aromatic rings. The summed E-state index contributed by atoms with van der Waals surface area (Å²) in [6, 6.07) is 1.65. The number of nitrogens with zero attached hydrogens (tertiary/aromatic N) is 2. The molecule has 0 atom stereocenters. The minimum atomic E-state index is -3.17. The van der Waals surface area contributed by atoms with Gasteiger partial charge in [0.15, 0.2) is 0 Å². The lowest BCUT2D eigenvalue weighted by Crippen LogP contribution is -2.56. The van der Waals surface area contributed by atoms with Gasteiger partial charge in [0.2, 0.25) is 21.8 Å². The smallest absolute Gasteiger partial charge is 0.246 e. The summed E-state index contributed by atoms with van der Waals surface area (Å²) in [6.45, 7) is 7.97. The molecule has 1 amide bonds. The maximum atomic E-state index is 12.6. The van der Waals surface area contributed by atoms with E-state index in [1.165, 1.54) is 10.6 Å². The van der Waals surface area contributed by atoms with Crippen molar-refractivity contribution in [2.75, 3.05) is 31.3 Å². The van der Waals surface area contributed by atoms with E-state index < -0.39 is 21.0 Å². The van der Waals surface area contributed by atoms with E-state index in [1.807, 2.05) is 13.8 Å². The van der Waals surface area contributed by atoms with E-state index in [2.05, 4.69) is 15.8 Å². The molecule has 1 aromatic heterocycles. The Morgan fingerprint density at radius 3 is 2.44 bits per heavy atom. The van der Waals surface area contributed by atoms with Crippen LogP contribution in [0.4, 0.5) is 5.88 Å². The van der Waals surface area contributed by atoms with E-state index in [4.69, 9.17) is 4.52 Å². The molecular weight excluding hydrogens is 372 g/mol. The first kappa shape index (κ1) is 21.8. The molecule has 27 heavy (non-hydrogen) atoms. The number of sulfonamides is 1. The highest BCUT2D eigenvalue weighted by Crippen LogP contribution is 2.24. The molecule has 154 valence electrons. The highest BCUT2D eigenvalue weighted by atomic mass is 32.2. The van der Waals surface area contributed by atoms with Crippen molar-refractivity contribution in [2.45, 2.75) is 57.5 Å². The Morgan fingerprint density at radius 2 is 1.93 bits per heavy atom. The van der Waals surface area contributed by atoms with E-state index in [9.17, 15) is 18.3 Å². The third kappa shape index (κ3) is 5.50. The molecule has 1 fully saturated rings. The van der Waals surface area contributed by atoms with Gasteiger partial charge in [-0.3, -0.25) is 10.1 Å². The van der Waals surface area contributed by atoms with Crippen molar-refractivity contribution >= 4 is 21.8 Å². The molecule has 1 aliphatic rings. The van der Waals surface area contributed by atoms with Gasteiger partial charge in [0.05, 0.1) is 24.1 Å². The number of carbonyl (C=O) groups excluding carboxylic acids is 1. The Labute approximate surface area is 160 Å². The van der Waals surface area contributed by atoms with Gasteiger partial charge in [-0.05, 0) is 26.7 Å². The Bertz CT molecular complexity index is 764. The van der Waals surface area contributed by atoms with Crippen LogP contribution in [0.2, 0.25) is 0 Å². The molecule has 0 aliphatic carbocycles. The number of aliphatic hydroxyl groups is 1. The minimum Gasteiger partial charge on any atom is -0.395 e. The number of hydrogen-bond donors (Lipinski definition) is 3. The van der Waals surface area contributed by atoms with Gasteiger partial charge in [0.25, 0.3) is 0 Å². The molecule has 0 saturated carbocycles. The second-order valence-corrected chi connectivity index (χ2v) is 10.3. The van der Waals surface area contributed by atoms with Crippen molar-refractivity contribution in [3.63, 3.8) is 0 Å². The van der Waals surface area contributed by atoms with Crippen LogP contribution in [0.15, 0.2) is 10.6 Å². The number of hydrogen-bond acceptors (Lipinski definition) is 7. The molecule has 1 aliphatic heterocycles. The molecule has 0 unspecified atom stereocenters. The lowest BCUT2D eigenvalue weighted by Gasteiger charge is -2.35. The zero-order valence-corrected chi connectivity index (χ0v) is 17.4. The standard InChI is InChI=1S/C17H30N4O5S/c1-16(2,11-22)13-10-14(26-20-13)18-15(23)17(3,4)19-12-6-8-21(9-7-12)27(5,24)25/h10,12,19,22H,6-9,11H2,1-5H3,(H,18,23). The first-order valence-corrected chi connectivity index (χ1v) is 10.8. The summed E-state index contributed by atoms with van der Waals surface area (Å²) in [4.78, 5) is 12.6. The zero-order chi connectivity index (χ0) is 20.5. The predicted molar refractivity (Wildman–Crippen MR) is 102 cm³/mol. The number of carbonyl (C=O) groups is 1. The average molecular weight is 403 g/mol. The number of nitrogens with one attached hydrogen (secondary N) is 2. The summed E-state index contributed by atoms with van der Waals surface area (Å²) in [5.41, 5.74) is -0.884. The van der Waals surface area contributed by atoms with E-state index >= 15 is 0 Å². The lowest BCUT2D eigenvalue weighted by molar-refractivity contribution is -0.121. The van der Waals surface area contributed by atoms with Gasteiger partial charge in [-0.2, -0.15) is 0 Å². The van der Waals surface area contributed by atoms with Gasteiger partial charge in [0, 0.05) is 30.6 Å². The number of rotatable bonds is 7. The fourth-order valence-electron chi connectivity index (χ4n) is 2.91. The van der Waals surface area contributed by atoms with Gasteiger partial charge < -0.3 is 14.9 Å². The summed E-state index contributed by atoms with van der Waals surface area (Å²) < 4.78 is 29.8. The molecule has 3 N–H and O–H groups in total. The number of aliphatic hydroxyl groups excluding tert-OH is 1. The monoisotopic (exact) mass is 402 g/mol. The zero-order valence-electron chi connectivity index (χ0n) is 16.6. The molecule has 0 bridgehead atoms. The van der Waals surface area contributed by atoms with Crippen molar-refractivity contribution in [3.8, 4) is 0 Å². The maximum Gasteiger partial charge on any atom is 0.246 e. The normalized spacial score (nSPS) is 17.9. The fraction of sp³-hybridized carbons (Fsp3) is 0.765. The van der Waals surface area contributed by atoms with Gasteiger partial charge in [-0.25, -0.2) is 12.7 Å². The SMILES string of the molecule is CC(C)(NC1CCN(S(C)(=O)=O)CC1)C(=O)Nc1cc(C(C)(C)CO)no1. The second kappa shape index (κ2) is 7.86. The average Bonchev–Trinajstić information content (AvgIpc) is 3.03. The van der Waals surface area contributed by atoms with E-state index in [-0.39, 0.29) is 24.4 Å². The quantitative estimate of drug-likeness (QED) is 0.612. The van der Waals surface area contributed by atoms with Gasteiger partial charge >= 0.3 is 0 Å². The second-order valence-electron chi connectivity index (χ2n) is 8.28. The predicted octanol–water partition coefficient (Wildman–Crippen LogP) is 0.675. The minimum absolute atomic E-state index is 0.0439. The highest BCUT2D eigenvalue weighted by molar-refractivity contribution is 7.88. The Hall–Kier alpha value is -1.49. The van der Waals surface area contributed by atoms with Crippen LogP contribution in [0.1, 0.15) is 46.2 Å². The number of anilines is 1. The van der Waals surface area contributed by atoms with Crippen LogP contribution >= 0.6 is 0 Å². The van der Waals surface area contributed by atoms with Crippen molar-refractivity contribution in [1.29, 1.82) is 0 Å². The molecule has 0 aromatic carbocycles. The summed E-state index contributed by atoms with van der Waals surface area (Å²) in [5, 5.41) is 19.3. The summed E-state index contributed by atoms with van der Waals surface area (Å²) in [6.07, 6.45) is 2.49. The van der Waals surface area contributed by atoms with Crippen molar-refractivity contribution in [3.05, 3.63) is 11.8 Å². The van der Waals surface area contributed by atoms with Gasteiger partial charge in [-0.1, -0.05) is 19.0 Å². The number of amides is 1. The maximum absolute atomic E-state index is 12.6. The van der Waals surface area contributed by atoms with Crippen LogP contribution in [0.5, 0.6) is 0 Å². The van der Waals surface area contributed by atoms with Crippen molar-refractivity contribution < 1.29 is 22.8 Å². The molecule has 9 nitrogen and oxygen atoms in total. The Kier molecular flexibility index (Phi) is 6.35. The first-order chi connectivity index (χ1) is 12.3. The number of aromatic nitrogens is 1. The molecule has 2 heterocycles. The fourth-order valence-corrected chi connectivity index (χ4v) is 3.78. The molecule has 1 saturated heterocycles. The molecular formula is C17H30N4O5S. The molecule has 0 spiro atoms. The summed E-state index contributed by atoms with van der Waals surface area (Å²) >= 11 is 0. The third-order valence-corrected chi connectivity index (χ3v) is 6.19. The van der Waals surface area contributed by atoms with Crippen LogP contribution in [0.3, 0.4) is 0 Å². The molecule has 0 radical (unpaired) electrons. The number of piperidine rings is 1. The van der Waals surface area contributed by atoms with Crippen LogP contribution < -0.4 is 10.6 Å². The highest BCUT2D eigenvalue weighted by Gasteiger charge is 2.34. The Morgan fingerprint density at radius 1 is 1.33 bits per heavy atom. The molecule has 10 heteroatoms. The van der Waals surface area contributed by atoms with Crippen LogP contribution in [-0.2, 0) is 20.2 Å². The van der Waals surface area contributed by atoms with E-state index in [0.717, 1.165) is 0 Å². The van der Waals surface area contributed by atoms with Gasteiger partial charge in [0.1, 0.15) is 0 Å². The van der Waals surface area contributed by atoms with Crippen LogP contribution in [-0.4, -0.2) is 66.4 Å². The van der Waals surface area contributed by atoms with E-state index in [0.29, 0.717) is 31.6 Å². The topological polar surface area (TPSA) is 125 Å². The first-order valence-electron chi connectivity index (χ1n) is 8.97. The Balaban J connectivity index is 1.94. The third-order valence-electron chi connectivity index (χ3n) is 4.89. The van der Waals surface area contributed by atoms with Crippen molar-refractivity contribution in [2.24, 2.45) is 0 Å². The van der Waals surface area contributed by atoms with Gasteiger partial charge in [-0.15, -0.1) is 0 Å². The summed E-state index contributed by atoms with van der Waals surface area (Å²) in [5.74, 6) is -0.0594. The lowest BCUT2D eigenvalue weighted by atomic mass is 9.91.